The van der Waals surface area contributed by atoms with E-state index in [2.05, 4.69) is 5.32 Å². The fourth-order valence-electron chi connectivity index (χ4n) is 1.82. The number of hydrogen-bond acceptors (Lipinski definition) is 4. The van der Waals surface area contributed by atoms with Crippen molar-refractivity contribution in [2.75, 3.05) is 0 Å². The molecule has 2 aliphatic rings. The monoisotopic (exact) mass is 221 g/mol. The molecule has 0 radical (unpaired) electrons. The maximum absolute atomic E-state index is 11.5. The Morgan fingerprint density at radius 2 is 2.06 bits per heavy atom. The van der Waals surface area contributed by atoms with Crippen LogP contribution < -0.4 is 5.32 Å². The van der Waals surface area contributed by atoms with Crippen LogP contribution in [0.25, 0.3) is 0 Å². The highest BCUT2D eigenvalue weighted by Gasteiger charge is 2.44. The minimum absolute atomic E-state index is 0.135. The molecule has 0 aromatic carbocycles. The standard InChI is InChI=1S/C11H11NO4/c1-7(13)12-9-6-11(16-10(9)15)4-2-8(14)3-5-11/h2-5,9H,6H2,1H3,(H,12,13)/t9-/m0/s1. The zero-order valence-electron chi connectivity index (χ0n) is 8.73. The van der Waals surface area contributed by atoms with Crippen LogP contribution in [0, 0.1) is 0 Å². The first kappa shape index (κ1) is 10.6. The average Bonchev–Trinajstić information content (AvgIpc) is 2.49. The molecule has 1 atom stereocenters. The Kier molecular flexibility index (Phi) is 2.38. The van der Waals surface area contributed by atoms with E-state index in [1.165, 1.54) is 19.1 Å². The van der Waals surface area contributed by atoms with Crippen molar-refractivity contribution < 1.29 is 19.1 Å². The van der Waals surface area contributed by atoms with Gasteiger partial charge in [0.05, 0.1) is 0 Å². The fourth-order valence-corrected chi connectivity index (χ4v) is 1.82. The number of amides is 1. The van der Waals surface area contributed by atoms with Gasteiger partial charge in [0.1, 0.15) is 6.04 Å². The van der Waals surface area contributed by atoms with Gasteiger partial charge in [-0.2, -0.15) is 0 Å². The molecule has 1 amide bonds. The summed E-state index contributed by atoms with van der Waals surface area (Å²) >= 11 is 0. The van der Waals surface area contributed by atoms with Crippen LogP contribution in [0.5, 0.6) is 0 Å². The van der Waals surface area contributed by atoms with Gasteiger partial charge in [0.25, 0.3) is 0 Å². The van der Waals surface area contributed by atoms with Gasteiger partial charge in [-0.05, 0) is 24.3 Å². The van der Waals surface area contributed by atoms with Crippen LogP contribution in [-0.2, 0) is 19.1 Å². The molecule has 0 saturated carbocycles. The molecular formula is C11H11NO4. The summed E-state index contributed by atoms with van der Waals surface area (Å²) in [6.07, 6.45) is 6.16. The van der Waals surface area contributed by atoms with E-state index in [1.54, 1.807) is 12.2 Å². The van der Waals surface area contributed by atoms with Gasteiger partial charge >= 0.3 is 5.97 Å². The van der Waals surface area contributed by atoms with E-state index in [4.69, 9.17) is 4.74 Å². The van der Waals surface area contributed by atoms with Crippen molar-refractivity contribution in [1.29, 1.82) is 0 Å². The lowest BCUT2D eigenvalue weighted by Crippen LogP contribution is -2.36. The highest BCUT2D eigenvalue weighted by atomic mass is 16.6. The smallest absolute Gasteiger partial charge is 0.330 e. The average molecular weight is 221 g/mol. The predicted molar refractivity (Wildman–Crippen MR) is 54.3 cm³/mol. The number of hydrogen-bond donors (Lipinski definition) is 1. The van der Waals surface area contributed by atoms with E-state index in [0.717, 1.165) is 0 Å². The van der Waals surface area contributed by atoms with Gasteiger partial charge in [-0.15, -0.1) is 0 Å². The minimum Gasteiger partial charge on any atom is -0.449 e. The molecule has 0 unspecified atom stereocenters. The van der Waals surface area contributed by atoms with Gasteiger partial charge in [0.15, 0.2) is 11.4 Å². The maximum Gasteiger partial charge on any atom is 0.330 e. The quantitative estimate of drug-likeness (QED) is 0.626. The van der Waals surface area contributed by atoms with Crippen LogP contribution in [0.1, 0.15) is 13.3 Å². The van der Waals surface area contributed by atoms with Crippen LogP contribution in [0.4, 0.5) is 0 Å². The van der Waals surface area contributed by atoms with E-state index in [-0.39, 0.29) is 11.7 Å². The van der Waals surface area contributed by atoms with Crippen LogP contribution in [0.3, 0.4) is 0 Å². The van der Waals surface area contributed by atoms with Crippen LogP contribution in [-0.4, -0.2) is 29.3 Å². The lowest BCUT2D eigenvalue weighted by atomic mass is 9.93. The molecule has 0 bridgehead atoms. The molecule has 1 aliphatic heterocycles. The Labute approximate surface area is 92.1 Å². The van der Waals surface area contributed by atoms with Gasteiger partial charge in [0.2, 0.25) is 5.91 Å². The number of ketones is 1. The number of carbonyl (C=O) groups excluding carboxylic acids is 3. The zero-order chi connectivity index (χ0) is 11.8. The Morgan fingerprint density at radius 3 is 2.62 bits per heavy atom. The Bertz CT molecular complexity index is 406. The Morgan fingerprint density at radius 1 is 1.44 bits per heavy atom. The number of rotatable bonds is 1. The summed E-state index contributed by atoms with van der Waals surface area (Å²) in [4.78, 5) is 33.3. The minimum atomic E-state index is -0.863. The number of esters is 1. The van der Waals surface area contributed by atoms with Crippen molar-refractivity contribution in [3.8, 4) is 0 Å². The van der Waals surface area contributed by atoms with E-state index in [0.29, 0.717) is 6.42 Å². The van der Waals surface area contributed by atoms with Crippen molar-refractivity contribution >= 4 is 17.7 Å². The van der Waals surface area contributed by atoms with Crippen molar-refractivity contribution in [3.05, 3.63) is 24.3 Å². The third-order valence-corrected chi connectivity index (χ3v) is 2.54. The summed E-state index contributed by atoms with van der Waals surface area (Å²) in [7, 11) is 0. The molecule has 84 valence electrons. The number of nitrogens with one attached hydrogen (secondary N) is 1. The van der Waals surface area contributed by atoms with Crippen molar-refractivity contribution in [1.82, 2.24) is 5.32 Å². The number of allylic oxidation sites excluding steroid dienone is 2. The SMILES string of the molecule is CC(=O)N[C@H]1CC2(C=CC(=O)C=C2)OC1=O. The van der Waals surface area contributed by atoms with Gasteiger partial charge in [-0.1, -0.05) is 0 Å². The van der Waals surface area contributed by atoms with Crippen molar-refractivity contribution in [3.63, 3.8) is 0 Å². The fraction of sp³-hybridized carbons (Fsp3) is 0.364. The Hall–Kier alpha value is -1.91. The molecule has 1 aliphatic carbocycles. The number of ether oxygens (including phenoxy) is 1. The molecule has 0 aromatic rings. The molecule has 1 saturated heterocycles. The summed E-state index contributed by atoms with van der Waals surface area (Å²) in [6, 6.07) is -0.639. The predicted octanol–water partition coefficient (Wildman–Crippen LogP) is -0.128. The molecule has 1 N–H and O–H groups in total. The second kappa shape index (κ2) is 3.59. The maximum atomic E-state index is 11.5. The molecule has 0 aromatic heterocycles. The van der Waals surface area contributed by atoms with E-state index >= 15 is 0 Å². The lowest BCUT2D eigenvalue weighted by molar-refractivity contribution is -0.145. The molecule has 16 heavy (non-hydrogen) atoms. The van der Waals surface area contributed by atoms with Crippen molar-refractivity contribution in [2.24, 2.45) is 0 Å². The highest BCUT2D eigenvalue weighted by Crippen LogP contribution is 2.31. The second-order valence-corrected chi connectivity index (χ2v) is 3.90. The van der Waals surface area contributed by atoms with Crippen LogP contribution in [0.2, 0.25) is 0 Å². The second-order valence-electron chi connectivity index (χ2n) is 3.90. The van der Waals surface area contributed by atoms with Gasteiger partial charge in [0, 0.05) is 13.3 Å². The highest BCUT2D eigenvalue weighted by molar-refractivity contribution is 6.01. The molecule has 1 spiro atoms. The third kappa shape index (κ3) is 1.88. The number of carbonyl (C=O) groups is 3. The summed E-state index contributed by atoms with van der Waals surface area (Å²) in [5.41, 5.74) is -0.863. The first-order chi connectivity index (χ1) is 7.51. The molecular weight excluding hydrogens is 210 g/mol. The summed E-state index contributed by atoms with van der Waals surface area (Å²) in [5.74, 6) is -0.887. The first-order valence-electron chi connectivity index (χ1n) is 4.93. The molecule has 5 heteroatoms. The van der Waals surface area contributed by atoms with E-state index in [9.17, 15) is 14.4 Å². The Balaban J connectivity index is 2.14. The molecule has 2 rings (SSSR count). The zero-order valence-corrected chi connectivity index (χ0v) is 8.73. The van der Waals surface area contributed by atoms with Gasteiger partial charge in [-0.25, -0.2) is 4.79 Å². The van der Waals surface area contributed by atoms with Crippen molar-refractivity contribution in [2.45, 2.75) is 25.0 Å². The van der Waals surface area contributed by atoms with Gasteiger partial charge < -0.3 is 10.1 Å². The van der Waals surface area contributed by atoms with Crippen LogP contribution in [0.15, 0.2) is 24.3 Å². The summed E-state index contributed by atoms with van der Waals surface area (Å²) in [6.45, 7) is 1.34. The lowest BCUT2D eigenvalue weighted by Gasteiger charge is -2.21. The van der Waals surface area contributed by atoms with Gasteiger partial charge in [-0.3, -0.25) is 9.59 Å². The molecule has 5 nitrogen and oxygen atoms in total. The van der Waals surface area contributed by atoms with E-state index in [1.807, 2.05) is 0 Å². The molecule has 1 fully saturated rings. The van der Waals surface area contributed by atoms with E-state index < -0.39 is 17.6 Å². The normalized spacial score (nSPS) is 25.9. The van der Waals surface area contributed by atoms with Crippen LogP contribution >= 0.6 is 0 Å². The first-order valence-corrected chi connectivity index (χ1v) is 4.93. The summed E-state index contributed by atoms with van der Waals surface area (Å²) < 4.78 is 5.17. The molecule has 1 heterocycles. The largest absolute Gasteiger partial charge is 0.449 e. The third-order valence-electron chi connectivity index (χ3n) is 2.54. The summed E-state index contributed by atoms with van der Waals surface area (Å²) in [5, 5.41) is 2.51. The topological polar surface area (TPSA) is 72.5 Å².